The van der Waals surface area contributed by atoms with Gasteiger partial charge in [-0.15, -0.1) is 0 Å². The molecule has 2 unspecified atom stereocenters. The Labute approximate surface area is 98.1 Å². The summed E-state index contributed by atoms with van der Waals surface area (Å²) < 4.78 is 0. The molecule has 16 heavy (non-hydrogen) atoms. The number of benzene rings is 1. The van der Waals surface area contributed by atoms with Gasteiger partial charge in [0.15, 0.2) is 0 Å². The Morgan fingerprint density at radius 3 is 2.50 bits per heavy atom. The van der Waals surface area contributed by atoms with Gasteiger partial charge in [0.05, 0.1) is 12.0 Å². The molecule has 1 aliphatic rings. The standard InChI is InChI=1S/C15H19N/c1-10-7-11(9-16)14-8-12(15(2,3)4)5-6-13(10)14/h5-6,8,10-11H,7H2,1-4H3. The van der Waals surface area contributed by atoms with Gasteiger partial charge in [-0.1, -0.05) is 45.9 Å². The molecule has 84 valence electrons. The van der Waals surface area contributed by atoms with E-state index < -0.39 is 0 Å². The molecular formula is C15H19N. The van der Waals surface area contributed by atoms with E-state index in [2.05, 4.69) is 52.0 Å². The first kappa shape index (κ1) is 11.2. The van der Waals surface area contributed by atoms with Crippen molar-refractivity contribution >= 4 is 0 Å². The van der Waals surface area contributed by atoms with E-state index in [0.717, 1.165) is 6.42 Å². The van der Waals surface area contributed by atoms with Crippen LogP contribution < -0.4 is 0 Å². The summed E-state index contributed by atoms with van der Waals surface area (Å²) in [5.74, 6) is 0.640. The molecule has 0 radical (unpaired) electrons. The van der Waals surface area contributed by atoms with Crippen LogP contribution in [0.2, 0.25) is 0 Å². The smallest absolute Gasteiger partial charge is 0.0721 e. The fraction of sp³-hybridized carbons (Fsp3) is 0.533. The first-order valence-corrected chi connectivity index (χ1v) is 5.97. The molecule has 0 heterocycles. The summed E-state index contributed by atoms with van der Waals surface area (Å²) in [6, 6.07) is 9.11. The molecule has 1 aromatic carbocycles. The Morgan fingerprint density at radius 1 is 1.25 bits per heavy atom. The second-order valence-electron chi connectivity index (χ2n) is 5.91. The average molecular weight is 213 g/mol. The summed E-state index contributed by atoms with van der Waals surface area (Å²) in [5, 5.41) is 9.17. The van der Waals surface area contributed by atoms with Gasteiger partial charge in [-0.05, 0) is 34.4 Å². The van der Waals surface area contributed by atoms with Crippen LogP contribution in [0.3, 0.4) is 0 Å². The summed E-state index contributed by atoms with van der Waals surface area (Å²) in [6.45, 7) is 8.87. The summed E-state index contributed by atoms with van der Waals surface area (Å²) in [4.78, 5) is 0. The fourth-order valence-corrected chi connectivity index (χ4v) is 2.52. The Bertz CT molecular complexity index is 445. The molecule has 0 spiro atoms. The third kappa shape index (κ3) is 1.73. The van der Waals surface area contributed by atoms with Crippen LogP contribution in [0.5, 0.6) is 0 Å². The molecule has 0 N–H and O–H groups in total. The molecule has 1 nitrogen and oxygen atoms in total. The van der Waals surface area contributed by atoms with E-state index in [1.54, 1.807) is 0 Å². The lowest BCUT2D eigenvalue weighted by Gasteiger charge is -2.20. The first-order valence-electron chi connectivity index (χ1n) is 5.97. The third-order valence-electron chi connectivity index (χ3n) is 3.60. The van der Waals surface area contributed by atoms with Crippen molar-refractivity contribution in [3.63, 3.8) is 0 Å². The molecule has 0 aromatic heterocycles. The maximum absolute atomic E-state index is 9.17. The van der Waals surface area contributed by atoms with Gasteiger partial charge in [0.2, 0.25) is 0 Å². The zero-order valence-corrected chi connectivity index (χ0v) is 10.5. The van der Waals surface area contributed by atoms with Crippen LogP contribution >= 0.6 is 0 Å². The first-order chi connectivity index (χ1) is 7.43. The topological polar surface area (TPSA) is 23.8 Å². The molecule has 0 aliphatic heterocycles. The predicted molar refractivity (Wildman–Crippen MR) is 66.5 cm³/mol. The van der Waals surface area contributed by atoms with Crippen LogP contribution in [0.1, 0.15) is 62.6 Å². The van der Waals surface area contributed by atoms with Crippen molar-refractivity contribution in [2.24, 2.45) is 0 Å². The van der Waals surface area contributed by atoms with Crippen molar-refractivity contribution in [3.8, 4) is 6.07 Å². The monoisotopic (exact) mass is 213 g/mol. The van der Waals surface area contributed by atoms with Crippen molar-refractivity contribution in [2.75, 3.05) is 0 Å². The molecule has 0 amide bonds. The number of nitriles is 1. The summed E-state index contributed by atoms with van der Waals surface area (Å²) >= 11 is 0. The zero-order valence-electron chi connectivity index (χ0n) is 10.5. The number of fused-ring (bicyclic) bond motifs is 1. The van der Waals surface area contributed by atoms with Gasteiger partial charge in [0.1, 0.15) is 0 Å². The Morgan fingerprint density at radius 2 is 1.94 bits per heavy atom. The highest BCUT2D eigenvalue weighted by Crippen LogP contribution is 2.42. The highest BCUT2D eigenvalue weighted by Gasteiger charge is 2.29. The molecule has 0 bridgehead atoms. The summed E-state index contributed by atoms with van der Waals surface area (Å²) in [7, 11) is 0. The molecule has 2 rings (SSSR count). The largest absolute Gasteiger partial charge is 0.198 e. The molecule has 1 aliphatic carbocycles. The second-order valence-corrected chi connectivity index (χ2v) is 5.91. The summed E-state index contributed by atoms with van der Waals surface area (Å²) in [5.41, 5.74) is 4.14. The summed E-state index contributed by atoms with van der Waals surface area (Å²) in [6.07, 6.45) is 0.986. The van der Waals surface area contributed by atoms with E-state index in [4.69, 9.17) is 0 Å². The van der Waals surface area contributed by atoms with Gasteiger partial charge in [-0.3, -0.25) is 0 Å². The van der Waals surface area contributed by atoms with Gasteiger partial charge >= 0.3 is 0 Å². The molecule has 1 heteroatoms. The Kier molecular flexibility index (Phi) is 2.54. The molecule has 0 saturated carbocycles. The van der Waals surface area contributed by atoms with E-state index in [1.807, 2.05) is 0 Å². The van der Waals surface area contributed by atoms with Gasteiger partial charge < -0.3 is 0 Å². The molecular weight excluding hydrogens is 194 g/mol. The van der Waals surface area contributed by atoms with Gasteiger partial charge in [0.25, 0.3) is 0 Å². The molecule has 0 fully saturated rings. The maximum atomic E-state index is 9.17. The van der Waals surface area contributed by atoms with Crippen molar-refractivity contribution in [1.82, 2.24) is 0 Å². The molecule has 1 aromatic rings. The minimum atomic E-state index is 0.104. The van der Waals surface area contributed by atoms with Crippen LogP contribution in [0.25, 0.3) is 0 Å². The third-order valence-corrected chi connectivity index (χ3v) is 3.60. The second kappa shape index (κ2) is 3.63. The number of hydrogen-bond acceptors (Lipinski definition) is 1. The Hall–Kier alpha value is -1.29. The number of nitrogens with zero attached hydrogens (tertiary/aromatic N) is 1. The van der Waals surface area contributed by atoms with E-state index in [-0.39, 0.29) is 11.3 Å². The van der Waals surface area contributed by atoms with E-state index in [0.29, 0.717) is 5.92 Å². The lowest BCUT2D eigenvalue weighted by molar-refractivity contribution is 0.589. The number of rotatable bonds is 0. The van der Waals surface area contributed by atoms with Crippen LogP contribution in [0.4, 0.5) is 0 Å². The fourth-order valence-electron chi connectivity index (χ4n) is 2.52. The lowest BCUT2D eigenvalue weighted by Crippen LogP contribution is -2.11. The van der Waals surface area contributed by atoms with E-state index in [9.17, 15) is 5.26 Å². The number of hydrogen-bond donors (Lipinski definition) is 0. The SMILES string of the molecule is CC1CC(C#N)c2cc(C(C)(C)C)ccc21. The lowest BCUT2D eigenvalue weighted by atomic mass is 9.84. The quantitative estimate of drug-likeness (QED) is 0.636. The van der Waals surface area contributed by atoms with Crippen LogP contribution in [0, 0.1) is 11.3 Å². The normalized spacial score (nSPS) is 23.9. The van der Waals surface area contributed by atoms with E-state index >= 15 is 0 Å². The van der Waals surface area contributed by atoms with Crippen LogP contribution in [0.15, 0.2) is 18.2 Å². The Balaban J connectivity index is 2.51. The maximum Gasteiger partial charge on any atom is 0.0721 e. The average Bonchev–Trinajstić information content (AvgIpc) is 2.54. The van der Waals surface area contributed by atoms with Gasteiger partial charge in [-0.2, -0.15) is 5.26 Å². The van der Waals surface area contributed by atoms with Crippen LogP contribution in [-0.2, 0) is 5.41 Å². The highest BCUT2D eigenvalue weighted by molar-refractivity contribution is 5.45. The molecule has 0 saturated heterocycles. The minimum absolute atomic E-state index is 0.104. The van der Waals surface area contributed by atoms with Gasteiger partial charge in [-0.25, -0.2) is 0 Å². The highest BCUT2D eigenvalue weighted by atomic mass is 14.4. The van der Waals surface area contributed by atoms with Crippen molar-refractivity contribution in [1.29, 1.82) is 5.26 Å². The zero-order chi connectivity index (χ0) is 11.9. The predicted octanol–water partition coefficient (Wildman–Crippen LogP) is 4.10. The van der Waals surface area contributed by atoms with Crippen molar-refractivity contribution < 1.29 is 0 Å². The van der Waals surface area contributed by atoms with Crippen molar-refractivity contribution in [2.45, 2.75) is 51.4 Å². The minimum Gasteiger partial charge on any atom is -0.198 e. The van der Waals surface area contributed by atoms with E-state index in [1.165, 1.54) is 16.7 Å². The van der Waals surface area contributed by atoms with Crippen LogP contribution in [-0.4, -0.2) is 0 Å². The van der Waals surface area contributed by atoms with Crippen molar-refractivity contribution in [3.05, 3.63) is 34.9 Å². The van der Waals surface area contributed by atoms with Gasteiger partial charge in [0, 0.05) is 0 Å². The molecule has 2 atom stereocenters.